The highest BCUT2D eigenvalue weighted by Crippen LogP contribution is 2.29. The second-order valence-corrected chi connectivity index (χ2v) is 7.30. The molecule has 0 aliphatic carbocycles. The highest BCUT2D eigenvalue weighted by Gasteiger charge is 2.11. The minimum atomic E-state index is -0.820. The zero-order valence-corrected chi connectivity index (χ0v) is 18.9. The van der Waals surface area contributed by atoms with E-state index in [1.165, 1.54) is 6.21 Å². The molecule has 166 valence electrons. The van der Waals surface area contributed by atoms with Gasteiger partial charge in [-0.1, -0.05) is 42.6 Å². The summed E-state index contributed by atoms with van der Waals surface area (Å²) < 4.78 is 11.5. The lowest BCUT2D eigenvalue weighted by atomic mass is 10.2. The molecular formula is C22H25Cl2N3O4. The average molecular weight is 466 g/mol. The van der Waals surface area contributed by atoms with E-state index >= 15 is 0 Å². The van der Waals surface area contributed by atoms with E-state index in [2.05, 4.69) is 15.8 Å². The Balaban J connectivity index is 1.98. The molecule has 0 bridgehead atoms. The van der Waals surface area contributed by atoms with Crippen LogP contribution in [0.25, 0.3) is 0 Å². The van der Waals surface area contributed by atoms with Gasteiger partial charge in [-0.2, -0.15) is 5.10 Å². The van der Waals surface area contributed by atoms with Crippen molar-refractivity contribution < 1.29 is 19.1 Å². The van der Waals surface area contributed by atoms with E-state index in [1.807, 2.05) is 19.9 Å². The number of hydrazone groups is 1. The third-order valence-corrected chi connectivity index (χ3v) is 4.79. The molecule has 0 aliphatic heterocycles. The first-order valence-corrected chi connectivity index (χ1v) is 10.6. The number of benzene rings is 2. The van der Waals surface area contributed by atoms with Crippen LogP contribution in [0.1, 0.15) is 37.8 Å². The van der Waals surface area contributed by atoms with Crippen LogP contribution < -0.4 is 20.2 Å². The van der Waals surface area contributed by atoms with Crippen LogP contribution >= 0.6 is 23.2 Å². The van der Waals surface area contributed by atoms with Gasteiger partial charge in [0.1, 0.15) is 6.61 Å². The number of unbranched alkanes of at least 4 members (excludes halogenated alkanes) is 1. The van der Waals surface area contributed by atoms with E-state index in [0.717, 1.165) is 18.4 Å². The number of carbonyl (C=O) groups excluding carboxylic acids is 2. The Bertz CT molecular complexity index is 935. The number of ether oxygens (including phenoxy) is 2. The molecule has 7 nitrogen and oxygen atoms in total. The summed E-state index contributed by atoms with van der Waals surface area (Å²) in [6, 6.07) is 10.5. The van der Waals surface area contributed by atoms with Gasteiger partial charge in [0.25, 0.3) is 0 Å². The van der Waals surface area contributed by atoms with Crippen molar-refractivity contribution in [3.05, 3.63) is 57.6 Å². The van der Waals surface area contributed by atoms with Gasteiger partial charge in [-0.25, -0.2) is 5.43 Å². The molecular weight excluding hydrogens is 441 g/mol. The quantitative estimate of drug-likeness (QED) is 0.236. The molecule has 0 radical (unpaired) electrons. The van der Waals surface area contributed by atoms with Crippen molar-refractivity contribution in [3.8, 4) is 11.5 Å². The first-order chi connectivity index (χ1) is 14.9. The molecule has 0 aromatic heterocycles. The molecule has 0 saturated carbocycles. The lowest BCUT2D eigenvalue weighted by Crippen LogP contribution is -2.38. The van der Waals surface area contributed by atoms with Gasteiger partial charge in [-0.3, -0.25) is 9.59 Å². The zero-order valence-electron chi connectivity index (χ0n) is 17.4. The first-order valence-electron chi connectivity index (χ1n) is 9.89. The van der Waals surface area contributed by atoms with Crippen molar-refractivity contribution in [1.29, 1.82) is 0 Å². The van der Waals surface area contributed by atoms with Gasteiger partial charge < -0.3 is 14.8 Å². The fourth-order valence-corrected chi connectivity index (χ4v) is 2.78. The third kappa shape index (κ3) is 8.11. The largest absolute Gasteiger partial charge is 0.490 e. The minimum Gasteiger partial charge on any atom is -0.490 e. The molecule has 0 heterocycles. The number of carbonyl (C=O) groups is 2. The minimum absolute atomic E-state index is 0.285. The van der Waals surface area contributed by atoms with E-state index in [0.29, 0.717) is 40.3 Å². The number of rotatable bonds is 10. The number of hydrogen-bond donors (Lipinski definition) is 2. The van der Waals surface area contributed by atoms with Crippen LogP contribution in [-0.2, 0) is 16.2 Å². The summed E-state index contributed by atoms with van der Waals surface area (Å²) in [4.78, 5) is 23.3. The Morgan fingerprint density at radius 2 is 1.81 bits per heavy atom. The van der Waals surface area contributed by atoms with Crippen LogP contribution in [0.4, 0.5) is 0 Å². The maximum Gasteiger partial charge on any atom is 0.329 e. The summed E-state index contributed by atoms with van der Waals surface area (Å²) in [6.07, 6.45) is 3.15. The second kappa shape index (κ2) is 12.8. The molecule has 0 aliphatic rings. The fourth-order valence-electron chi connectivity index (χ4n) is 2.46. The number of nitrogens with one attached hydrogen (secondary N) is 2. The van der Waals surface area contributed by atoms with E-state index in [4.69, 9.17) is 32.7 Å². The first kappa shape index (κ1) is 24.5. The molecule has 2 rings (SSSR count). The summed E-state index contributed by atoms with van der Waals surface area (Å²) >= 11 is 12.0. The molecule has 0 unspecified atom stereocenters. The summed E-state index contributed by atoms with van der Waals surface area (Å²) in [7, 11) is 0. The highest BCUT2D eigenvalue weighted by molar-refractivity contribution is 6.42. The van der Waals surface area contributed by atoms with Crippen molar-refractivity contribution in [2.24, 2.45) is 5.10 Å². The van der Waals surface area contributed by atoms with Gasteiger partial charge in [0.2, 0.25) is 0 Å². The normalized spacial score (nSPS) is 10.7. The van der Waals surface area contributed by atoms with E-state index in [9.17, 15) is 9.59 Å². The van der Waals surface area contributed by atoms with Crippen molar-refractivity contribution >= 4 is 41.2 Å². The lowest BCUT2D eigenvalue weighted by molar-refractivity contribution is -0.139. The van der Waals surface area contributed by atoms with Crippen LogP contribution in [0.5, 0.6) is 11.5 Å². The van der Waals surface area contributed by atoms with Gasteiger partial charge >= 0.3 is 11.8 Å². The van der Waals surface area contributed by atoms with Crippen molar-refractivity contribution in [2.75, 3.05) is 13.2 Å². The van der Waals surface area contributed by atoms with Crippen LogP contribution in [-0.4, -0.2) is 31.2 Å². The Labute approximate surface area is 191 Å². The molecule has 0 atom stereocenters. The molecule has 2 amide bonds. The van der Waals surface area contributed by atoms with Gasteiger partial charge in [0, 0.05) is 6.54 Å². The van der Waals surface area contributed by atoms with Gasteiger partial charge in [0.15, 0.2) is 11.5 Å². The van der Waals surface area contributed by atoms with Gasteiger partial charge in [0.05, 0.1) is 22.9 Å². The molecule has 2 aromatic carbocycles. The lowest BCUT2D eigenvalue weighted by Gasteiger charge is -2.13. The average Bonchev–Trinajstić information content (AvgIpc) is 2.75. The number of hydrogen-bond acceptors (Lipinski definition) is 5. The van der Waals surface area contributed by atoms with Gasteiger partial charge in [-0.05, 0) is 54.8 Å². The summed E-state index contributed by atoms with van der Waals surface area (Å²) in [5, 5.41) is 7.29. The summed E-state index contributed by atoms with van der Waals surface area (Å²) in [6.45, 7) is 5.04. The number of nitrogens with zero attached hydrogens (tertiary/aromatic N) is 1. The molecule has 31 heavy (non-hydrogen) atoms. The molecule has 0 fully saturated rings. The summed E-state index contributed by atoms with van der Waals surface area (Å²) in [5.74, 6) is -0.467. The van der Waals surface area contributed by atoms with E-state index in [1.54, 1.807) is 30.3 Å². The van der Waals surface area contributed by atoms with E-state index < -0.39 is 11.8 Å². The predicted molar refractivity (Wildman–Crippen MR) is 122 cm³/mol. The van der Waals surface area contributed by atoms with Crippen LogP contribution in [0.3, 0.4) is 0 Å². The third-order valence-electron chi connectivity index (χ3n) is 4.05. The smallest absolute Gasteiger partial charge is 0.329 e. The molecule has 0 spiro atoms. The summed E-state index contributed by atoms with van der Waals surface area (Å²) in [5.41, 5.74) is 3.73. The standard InChI is InChI=1S/C22H25Cl2N3O4/c1-3-5-10-25-21(28)22(29)27-26-13-15-7-9-19(20(12-15)30-4-2)31-14-16-6-8-17(23)18(24)11-16/h6-9,11-13H,3-5,10,14H2,1-2H3,(H,25,28)(H,27,29)/b26-13-. The molecule has 2 aromatic rings. The zero-order chi connectivity index (χ0) is 22.6. The SMILES string of the molecule is CCCCNC(=O)C(=O)N/N=C\c1ccc(OCc2ccc(Cl)c(Cl)c2)c(OCC)c1. The van der Waals surface area contributed by atoms with Crippen LogP contribution in [0.15, 0.2) is 41.5 Å². The topological polar surface area (TPSA) is 89.0 Å². The van der Waals surface area contributed by atoms with Crippen molar-refractivity contribution in [1.82, 2.24) is 10.7 Å². The Hall–Kier alpha value is -2.77. The monoisotopic (exact) mass is 465 g/mol. The Morgan fingerprint density at radius 1 is 1.00 bits per heavy atom. The fraction of sp³-hybridized carbons (Fsp3) is 0.318. The van der Waals surface area contributed by atoms with E-state index in [-0.39, 0.29) is 6.61 Å². The maximum absolute atomic E-state index is 11.7. The molecule has 2 N–H and O–H groups in total. The Kier molecular flexibility index (Phi) is 10.1. The van der Waals surface area contributed by atoms with Crippen LogP contribution in [0.2, 0.25) is 10.0 Å². The number of amides is 2. The molecule has 0 saturated heterocycles. The number of halogens is 2. The van der Waals surface area contributed by atoms with Crippen molar-refractivity contribution in [3.63, 3.8) is 0 Å². The van der Waals surface area contributed by atoms with Crippen molar-refractivity contribution in [2.45, 2.75) is 33.3 Å². The van der Waals surface area contributed by atoms with Gasteiger partial charge in [-0.15, -0.1) is 0 Å². The molecule has 9 heteroatoms. The predicted octanol–water partition coefficient (Wildman–Crippen LogP) is 4.34. The maximum atomic E-state index is 11.7. The second-order valence-electron chi connectivity index (χ2n) is 6.48. The highest BCUT2D eigenvalue weighted by atomic mass is 35.5. The Morgan fingerprint density at radius 3 is 2.52 bits per heavy atom. The van der Waals surface area contributed by atoms with Crippen LogP contribution in [0, 0.1) is 0 Å².